The Hall–Kier alpha value is -0.650. The summed E-state index contributed by atoms with van der Waals surface area (Å²) in [7, 11) is 3.81. The minimum Gasteiger partial charge on any atom is -0.385 e. The summed E-state index contributed by atoms with van der Waals surface area (Å²) >= 11 is 0. The number of rotatable bonds is 8. The van der Waals surface area contributed by atoms with Crippen molar-refractivity contribution in [3.8, 4) is 0 Å². The normalized spacial score (nSPS) is 20.7. The highest BCUT2D eigenvalue weighted by Gasteiger charge is 2.18. The largest absolute Gasteiger partial charge is 0.385 e. The summed E-state index contributed by atoms with van der Waals surface area (Å²) in [5, 5.41) is 6.08. The molecule has 0 aromatic heterocycles. The van der Waals surface area contributed by atoms with Crippen LogP contribution in [0.15, 0.2) is 0 Å². The van der Waals surface area contributed by atoms with Gasteiger partial charge in [0.1, 0.15) is 0 Å². The van der Waals surface area contributed by atoms with E-state index in [-0.39, 0.29) is 5.91 Å². The summed E-state index contributed by atoms with van der Waals surface area (Å²) < 4.78 is 4.91. The highest BCUT2D eigenvalue weighted by molar-refractivity contribution is 5.77. The van der Waals surface area contributed by atoms with Crippen LogP contribution in [-0.4, -0.2) is 64.3 Å². The van der Waals surface area contributed by atoms with Gasteiger partial charge in [-0.05, 0) is 38.9 Å². The van der Waals surface area contributed by atoms with E-state index >= 15 is 0 Å². The first-order chi connectivity index (χ1) is 8.22. The fourth-order valence-electron chi connectivity index (χ4n) is 2.09. The Kier molecular flexibility index (Phi) is 7.16. The van der Waals surface area contributed by atoms with E-state index in [4.69, 9.17) is 4.74 Å². The fourth-order valence-corrected chi connectivity index (χ4v) is 2.09. The molecule has 0 aromatic carbocycles. The van der Waals surface area contributed by atoms with Crippen LogP contribution in [0, 0.1) is 5.92 Å². The van der Waals surface area contributed by atoms with Crippen molar-refractivity contribution in [2.75, 3.05) is 53.5 Å². The lowest BCUT2D eigenvalue weighted by molar-refractivity contribution is -0.120. The summed E-state index contributed by atoms with van der Waals surface area (Å²) in [6.07, 6.45) is 2.11. The summed E-state index contributed by atoms with van der Waals surface area (Å²) in [6, 6.07) is 0. The molecule has 1 rings (SSSR count). The van der Waals surface area contributed by atoms with Gasteiger partial charge in [-0.15, -0.1) is 0 Å². The molecule has 1 unspecified atom stereocenters. The lowest BCUT2D eigenvalue weighted by atomic mass is 10.1. The van der Waals surface area contributed by atoms with E-state index in [9.17, 15) is 4.79 Å². The monoisotopic (exact) mass is 243 g/mol. The van der Waals surface area contributed by atoms with Crippen LogP contribution < -0.4 is 10.6 Å². The first-order valence-electron chi connectivity index (χ1n) is 6.37. The molecule has 0 saturated carbocycles. The molecule has 5 heteroatoms. The summed E-state index contributed by atoms with van der Waals surface area (Å²) in [4.78, 5) is 13.7. The average molecular weight is 243 g/mol. The Labute approximate surface area is 104 Å². The van der Waals surface area contributed by atoms with Crippen LogP contribution in [0.25, 0.3) is 0 Å². The van der Waals surface area contributed by atoms with E-state index in [1.54, 1.807) is 7.11 Å². The van der Waals surface area contributed by atoms with Crippen LogP contribution in [0.4, 0.5) is 0 Å². The summed E-state index contributed by atoms with van der Waals surface area (Å²) in [6.45, 7) is 5.07. The van der Waals surface area contributed by atoms with Gasteiger partial charge in [-0.2, -0.15) is 0 Å². The second-order valence-electron chi connectivity index (χ2n) is 4.74. The van der Waals surface area contributed by atoms with Gasteiger partial charge in [-0.1, -0.05) is 0 Å². The van der Waals surface area contributed by atoms with Crippen LogP contribution in [0.2, 0.25) is 0 Å². The van der Waals surface area contributed by atoms with Crippen LogP contribution in [0.3, 0.4) is 0 Å². The standard InChI is InChI=1S/C12H25N3O2/c1-15-6-4-11(10-15)8-13-9-12(16)14-5-3-7-17-2/h11,13H,3-10H2,1-2H3,(H,14,16). The topological polar surface area (TPSA) is 53.6 Å². The second kappa shape index (κ2) is 8.44. The van der Waals surface area contributed by atoms with Gasteiger partial charge >= 0.3 is 0 Å². The molecule has 1 saturated heterocycles. The van der Waals surface area contributed by atoms with Gasteiger partial charge in [0.05, 0.1) is 6.54 Å². The molecule has 1 aliphatic heterocycles. The van der Waals surface area contributed by atoms with Crippen molar-refractivity contribution in [3.05, 3.63) is 0 Å². The van der Waals surface area contributed by atoms with Crippen LogP contribution >= 0.6 is 0 Å². The molecule has 2 N–H and O–H groups in total. The van der Waals surface area contributed by atoms with Crippen molar-refractivity contribution in [1.82, 2.24) is 15.5 Å². The summed E-state index contributed by atoms with van der Waals surface area (Å²) in [5.41, 5.74) is 0. The Balaban J connectivity index is 1.93. The van der Waals surface area contributed by atoms with Gasteiger partial charge in [0.15, 0.2) is 0 Å². The molecule has 5 nitrogen and oxygen atoms in total. The molecule has 1 fully saturated rings. The molecule has 0 radical (unpaired) electrons. The van der Waals surface area contributed by atoms with E-state index in [1.807, 2.05) is 0 Å². The number of nitrogens with zero attached hydrogens (tertiary/aromatic N) is 1. The number of methoxy groups -OCH3 is 1. The second-order valence-corrected chi connectivity index (χ2v) is 4.74. The minimum absolute atomic E-state index is 0.0763. The predicted octanol–water partition coefficient (Wildman–Crippen LogP) is -0.320. The maximum absolute atomic E-state index is 11.4. The lowest BCUT2D eigenvalue weighted by Gasteiger charge is -2.11. The van der Waals surface area contributed by atoms with Crippen molar-refractivity contribution in [2.45, 2.75) is 12.8 Å². The SMILES string of the molecule is COCCCNC(=O)CNCC1CCN(C)C1. The number of carbonyl (C=O) groups excluding carboxylic acids is 1. The predicted molar refractivity (Wildman–Crippen MR) is 68.0 cm³/mol. The maximum Gasteiger partial charge on any atom is 0.233 e. The number of hydrogen-bond donors (Lipinski definition) is 2. The van der Waals surface area contributed by atoms with Crippen LogP contribution in [0.1, 0.15) is 12.8 Å². The Bertz CT molecular complexity index is 224. The first kappa shape index (κ1) is 14.4. The number of hydrogen-bond acceptors (Lipinski definition) is 4. The Morgan fingerprint density at radius 1 is 1.53 bits per heavy atom. The van der Waals surface area contributed by atoms with Gasteiger partial charge in [-0.3, -0.25) is 4.79 Å². The zero-order valence-corrected chi connectivity index (χ0v) is 11.0. The molecule has 1 heterocycles. The quantitative estimate of drug-likeness (QED) is 0.574. The fraction of sp³-hybridized carbons (Fsp3) is 0.917. The van der Waals surface area contributed by atoms with Crippen molar-refractivity contribution in [1.29, 1.82) is 0 Å². The Morgan fingerprint density at radius 2 is 2.35 bits per heavy atom. The molecule has 0 bridgehead atoms. The highest BCUT2D eigenvalue weighted by atomic mass is 16.5. The number of nitrogens with one attached hydrogen (secondary N) is 2. The van der Waals surface area contributed by atoms with E-state index in [0.29, 0.717) is 25.6 Å². The van der Waals surface area contributed by atoms with E-state index in [1.165, 1.54) is 13.0 Å². The maximum atomic E-state index is 11.4. The zero-order valence-electron chi connectivity index (χ0n) is 11.0. The van der Waals surface area contributed by atoms with Crippen molar-refractivity contribution in [2.24, 2.45) is 5.92 Å². The van der Waals surface area contributed by atoms with Crippen LogP contribution in [0.5, 0.6) is 0 Å². The van der Waals surface area contributed by atoms with Gasteiger partial charge in [0.25, 0.3) is 0 Å². The van der Waals surface area contributed by atoms with Gasteiger partial charge in [0.2, 0.25) is 5.91 Å². The average Bonchev–Trinajstić information content (AvgIpc) is 2.71. The van der Waals surface area contributed by atoms with Gasteiger partial charge in [-0.25, -0.2) is 0 Å². The molecular formula is C12H25N3O2. The lowest BCUT2D eigenvalue weighted by Crippen LogP contribution is -2.37. The van der Waals surface area contributed by atoms with Crippen LogP contribution in [-0.2, 0) is 9.53 Å². The van der Waals surface area contributed by atoms with Crippen molar-refractivity contribution in [3.63, 3.8) is 0 Å². The molecule has 100 valence electrons. The van der Waals surface area contributed by atoms with Crippen molar-refractivity contribution < 1.29 is 9.53 Å². The molecular weight excluding hydrogens is 218 g/mol. The van der Waals surface area contributed by atoms with Gasteiger partial charge < -0.3 is 20.3 Å². The van der Waals surface area contributed by atoms with E-state index < -0.39 is 0 Å². The number of likely N-dealkylation sites (tertiary alicyclic amines) is 1. The van der Waals surface area contributed by atoms with Crippen molar-refractivity contribution >= 4 is 5.91 Å². The summed E-state index contributed by atoms with van der Waals surface area (Å²) in [5.74, 6) is 0.772. The van der Waals surface area contributed by atoms with E-state index in [0.717, 1.165) is 19.5 Å². The van der Waals surface area contributed by atoms with E-state index in [2.05, 4.69) is 22.6 Å². The number of amides is 1. The number of carbonyl (C=O) groups is 1. The Morgan fingerprint density at radius 3 is 3.00 bits per heavy atom. The molecule has 0 aliphatic carbocycles. The molecule has 1 atom stereocenters. The molecule has 0 aromatic rings. The molecule has 0 spiro atoms. The molecule has 1 amide bonds. The highest BCUT2D eigenvalue weighted by Crippen LogP contribution is 2.12. The number of ether oxygens (including phenoxy) is 1. The third kappa shape index (κ3) is 6.61. The third-order valence-corrected chi connectivity index (χ3v) is 3.05. The first-order valence-corrected chi connectivity index (χ1v) is 6.37. The smallest absolute Gasteiger partial charge is 0.233 e. The zero-order chi connectivity index (χ0) is 12.5. The molecule has 17 heavy (non-hydrogen) atoms. The molecule has 1 aliphatic rings. The van der Waals surface area contributed by atoms with Gasteiger partial charge in [0, 0.05) is 26.8 Å². The third-order valence-electron chi connectivity index (χ3n) is 3.05. The minimum atomic E-state index is 0.0763.